The number of nitrogens with one attached hydrogen (secondary N) is 1. The first-order valence-corrected chi connectivity index (χ1v) is 8.23. The Kier molecular flexibility index (Phi) is 6.82. The number of ether oxygens (including phenoxy) is 1. The maximum atomic E-state index is 12.2. The first kappa shape index (κ1) is 18.0. The van der Waals surface area contributed by atoms with Gasteiger partial charge in [-0.2, -0.15) is 0 Å². The normalized spacial score (nSPS) is 11.6. The molecular formula is C19H20ClNO3. The summed E-state index contributed by atoms with van der Waals surface area (Å²) in [6, 6.07) is 16.5. The molecule has 2 aromatic rings. The largest absolute Gasteiger partial charge is 0.456 e. The molecule has 1 atom stereocenters. The van der Waals surface area contributed by atoms with Gasteiger partial charge in [-0.05, 0) is 29.7 Å². The lowest BCUT2D eigenvalue weighted by atomic mass is 9.99. The summed E-state index contributed by atoms with van der Waals surface area (Å²) in [7, 11) is 0. The lowest BCUT2D eigenvalue weighted by molar-refractivity contribution is -0.148. The van der Waals surface area contributed by atoms with Gasteiger partial charge < -0.3 is 10.1 Å². The van der Waals surface area contributed by atoms with Crippen LogP contribution in [0.5, 0.6) is 0 Å². The van der Waals surface area contributed by atoms with Gasteiger partial charge in [-0.3, -0.25) is 9.59 Å². The Morgan fingerprint density at radius 1 is 1.04 bits per heavy atom. The van der Waals surface area contributed by atoms with Crippen LogP contribution in [0.1, 0.15) is 36.9 Å². The van der Waals surface area contributed by atoms with Gasteiger partial charge in [-0.15, -0.1) is 0 Å². The van der Waals surface area contributed by atoms with Crippen LogP contribution in [0, 0.1) is 0 Å². The molecule has 1 unspecified atom stereocenters. The second kappa shape index (κ2) is 9.08. The molecule has 0 saturated heterocycles. The minimum absolute atomic E-state index is 0.282. The molecule has 0 spiro atoms. The van der Waals surface area contributed by atoms with E-state index >= 15 is 0 Å². The second-order valence-electron chi connectivity index (χ2n) is 5.37. The Labute approximate surface area is 146 Å². The molecule has 1 amide bonds. The van der Waals surface area contributed by atoms with Crippen molar-refractivity contribution in [1.29, 1.82) is 0 Å². The zero-order chi connectivity index (χ0) is 17.4. The van der Waals surface area contributed by atoms with E-state index in [0.717, 1.165) is 11.1 Å². The number of amides is 1. The Hall–Kier alpha value is -2.33. The van der Waals surface area contributed by atoms with Crippen molar-refractivity contribution in [2.24, 2.45) is 0 Å². The van der Waals surface area contributed by atoms with Crippen molar-refractivity contribution in [2.45, 2.75) is 25.8 Å². The fourth-order valence-corrected chi connectivity index (χ4v) is 2.41. The second-order valence-corrected chi connectivity index (χ2v) is 5.81. The third kappa shape index (κ3) is 5.39. The van der Waals surface area contributed by atoms with Crippen molar-refractivity contribution in [2.75, 3.05) is 6.61 Å². The summed E-state index contributed by atoms with van der Waals surface area (Å²) in [6.07, 6.45) is 1.00. The van der Waals surface area contributed by atoms with E-state index in [2.05, 4.69) is 5.32 Å². The van der Waals surface area contributed by atoms with Gasteiger partial charge in [-0.25, -0.2) is 0 Å². The maximum absolute atomic E-state index is 12.2. The summed E-state index contributed by atoms with van der Waals surface area (Å²) in [4.78, 5) is 23.6. The zero-order valence-electron chi connectivity index (χ0n) is 13.5. The molecule has 126 valence electrons. The molecule has 0 radical (unpaired) electrons. The highest BCUT2D eigenvalue weighted by Gasteiger charge is 2.17. The minimum Gasteiger partial charge on any atom is -0.456 e. The summed E-state index contributed by atoms with van der Waals surface area (Å²) in [5.74, 6) is -0.710. The van der Waals surface area contributed by atoms with Gasteiger partial charge in [-0.1, -0.05) is 61.0 Å². The standard InChI is InChI=1S/C19H20ClNO3/c1-2-6-18(23)24-13-17(22)21-19(14-7-4-3-5-8-14)15-9-11-16(20)12-10-15/h3-5,7-12,19H,2,6,13H2,1H3,(H,21,22). The van der Waals surface area contributed by atoms with E-state index in [0.29, 0.717) is 17.9 Å². The van der Waals surface area contributed by atoms with E-state index in [1.54, 1.807) is 12.1 Å². The molecule has 0 heterocycles. The van der Waals surface area contributed by atoms with Crippen molar-refractivity contribution >= 4 is 23.5 Å². The van der Waals surface area contributed by atoms with Crippen molar-refractivity contribution in [1.82, 2.24) is 5.32 Å². The molecular weight excluding hydrogens is 326 g/mol. The molecule has 0 saturated carbocycles. The molecule has 2 aromatic carbocycles. The van der Waals surface area contributed by atoms with E-state index < -0.39 is 0 Å². The molecule has 5 heteroatoms. The van der Waals surface area contributed by atoms with Crippen molar-refractivity contribution in [3.8, 4) is 0 Å². The molecule has 0 aliphatic heterocycles. The van der Waals surface area contributed by atoms with Crippen molar-refractivity contribution in [3.05, 3.63) is 70.7 Å². The number of hydrogen-bond acceptors (Lipinski definition) is 3. The van der Waals surface area contributed by atoms with E-state index in [-0.39, 0.29) is 24.5 Å². The number of esters is 1. The molecule has 0 bridgehead atoms. The highest BCUT2D eigenvalue weighted by Crippen LogP contribution is 2.23. The van der Waals surface area contributed by atoms with Crippen LogP contribution in [0.4, 0.5) is 0 Å². The first-order chi connectivity index (χ1) is 11.6. The third-order valence-corrected chi connectivity index (χ3v) is 3.71. The van der Waals surface area contributed by atoms with E-state index in [1.807, 2.05) is 49.4 Å². The van der Waals surface area contributed by atoms with Crippen LogP contribution in [0.2, 0.25) is 5.02 Å². The number of carbonyl (C=O) groups excluding carboxylic acids is 2. The summed E-state index contributed by atoms with van der Waals surface area (Å²) in [6.45, 7) is 1.60. The fraction of sp³-hybridized carbons (Fsp3) is 0.263. The van der Waals surface area contributed by atoms with Gasteiger partial charge in [0.2, 0.25) is 0 Å². The Bertz CT molecular complexity index is 671. The first-order valence-electron chi connectivity index (χ1n) is 7.85. The van der Waals surface area contributed by atoms with Crippen LogP contribution in [0.25, 0.3) is 0 Å². The number of halogens is 1. The Morgan fingerprint density at radius 3 is 2.29 bits per heavy atom. The third-order valence-electron chi connectivity index (χ3n) is 3.46. The topological polar surface area (TPSA) is 55.4 Å². The summed E-state index contributed by atoms with van der Waals surface area (Å²) in [5, 5.41) is 3.54. The van der Waals surface area contributed by atoms with Gasteiger partial charge in [0.15, 0.2) is 6.61 Å². The molecule has 0 aliphatic carbocycles. The number of carbonyl (C=O) groups is 2. The van der Waals surface area contributed by atoms with Gasteiger partial charge in [0.25, 0.3) is 5.91 Å². The van der Waals surface area contributed by atoms with Crippen LogP contribution in [0.15, 0.2) is 54.6 Å². The van der Waals surface area contributed by atoms with Crippen LogP contribution in [-0.4, -0.2) is 18.5 Å². The molecule has 0 aliphatic rings. The number of benzene rings is 2. The Balaban J connectivity index is 2.10. The predicted molar refractivity (Wildman–Crippen MR) is 93.7 cm³/mol. The van der Waals surface area contributed by atoms with Crippen molar-refractivity contribution < 1.29 is 14.3 Å². The molecule has 2 rings (SSSR count). The van der Waals surface area contributed by atoms with Crippen molar-refractivity contribution in [3.63, 3.8) is 0 Å². The van der Waals surface area contributed by atoms with Crippen LogP contribution in [0.3, 0.4) is 0 Å². The summed E-state index contributed by atoms with van der Waals surface area (Å²) < 4.78 is 4.96. The molecule has 24 heavy (non-hydrogen) atoms. The molecule has 4 nitrogen and oxygen atoms in total. The average Bonchev–Trinajstić information content (AvgIpc) is 2.60. The van der Waals surface area contributed by atoms with Gasteiger partial charge in [0.05, 0.1) is 6.04 Å². The lowest BCUT2D eigenvalue weighted by Gasteiger charge is -2.20. The molecule has 1 N–H and O–H groups in total. The smallest absolute Gasteiger partial charge is 0.306 e. The van der Waals surface area contributed by atoms with E-state index in [9.17, 15) is 9.59 Å². The van der Waals surface area contributed by atoms with Gasteiger partial charge in [0.1, 0.15) is 0 Å². The lowest BCUT2D eigenvalue weighted by Crippen LogP contribution is -2.33. The van der Waals surface area contributed by atoms with Gasteiger partial charge in [0, 0.05) is 11.4 Å². The molecule has 0 fully saturated rings. The maximum Gasteiger partial charge on any atom is 0.306 e. The average molecular weight is 346 g/mol. The SMILES string of the molecule is CCCC(=O)OCC(=O)NC(c1ccccc1)c1ccc(Cl)cc1. The van der Waals surface area contributed by atoms with Crippen LogP contribution in [-0.2, 0) is 14.3 Å². The molecule has 0 aromatic heterocycles. The predicted octanol–water partition coefficient (Wildman–Crippen LogP) is 3.89. The van der Waals surface area contributed by atoms with E-state index in [1.165, 1.54) is 0 Å². The zero-order valence-corrected chi connectivity index (χ0v) is 14.3. The fourth-order valence-electron chi connectivity index (χ4n) is 2.28. The number of rotatable bonds is 7. The summed E-state index contributed by atoms with van der Waals surface area (Å²) >= 11 is 5.94. The minimum atomic E-state index is -0.365. The quantitative estimate of drug-likeness (QED) is 0.774. The highest BCUT2D eigenvalue weighted by molar-refractivity contribution is 6.30. The summed E-state index contributed by atoms with van der Waals surface area (Å²) in [5.41, 5.74) is 1.84. The van der Waals surface area contributed by atoms with Gasteiger partial charge >= 0.3 is 5.97 Å². The number of hydrogen-bond donors (Lipinski definition) is 1. The Morgan fingerprint density at radius 2 is 1.67 bits per heavy atom. The highest BCUT2D eigenvalue weighted by atomic mass is 35.5. The van der Waals surface area contributed by atoms with E-state index in [4.69, 9.17) is 16.3 Å². The van der Waals surface area contributed by atoms with Crippen LogP contribution >= 0.6 is 11.6 Å². The monoisotopic (exact) mass is 345 g/mol. The van der Waals surface area contributed by atoms with Crippen LogP contribution < -0.4 is 5.32 Å².